The van der Waals surface area contributed by atoms with Gasteiger partial charge in [-0.2, -0.15) is 0 Å². The third-order valence-electron chi connectivity index (χ3n) is 4.31. The molecular weight excluding hydrogens is 327 g/mol. The molecule has 130 valence electrons. The Balaban J connectivity index is 1.49. The van der Waals surface area contributed by atoms with Crippen LogP contribution in [0, 0.1) is 12.7 Å². The lowest BCUT2D eigenvalue weighted by Crippen LogP contribution is -2.43. The fraction of sp³-hybridized carbons (Fsp3) is 0.353. The molecule has 7 nitrogen and oxygen atoms in total. The zero-order valence-corrected chi connectivity index (χ0v) is 13.7. The summed E-state index contributed by atoms with van der Waals surface area (Å²) >= 11 is 0. The molecule has 1 amide bonds. The molecule has 1 atom stereocenters. The molecule has 0 radical (unpaired) electrons. The van der Waals surface area contributed by atoms with Gasteiger partial charge in [0.15, 0.2) is 6.10 Å². The van der Waals surface area contributed by atoms with Gasteiger partial charge in [0.2, 0.25) is 17.7 Å². The Morgan fingerprint density at radius 1 is 1.44 bits per heavy atom. The Labute approximate surface area is 142 Å². The summed E-state index contributed by atoms with van der Waals surface area (Å²) in [7, 11) is 0. The summed E-state index contributed by atoms with van der Waals surface area (Å²) in [6.07, 6.45) is 1.53. The largest absolute Gasteiger partial charge is 0.423 e. The number of benzene rings is 1. The normalized spacial score (nSPS) is 18.0. The Bertz CT molecular complexity index is 920. The smallest absolute Gasteiger partial charge is 0.246 e. The van der Waals surface area contributed by atoms with E-state index in [0.29, 0.717) is 31.5 Å². The number of hydrogen-bond donors (Lipinski definition) is 1. The Morgan fingerprint density at radius 3 is 3.12 bits per heavy atom. The first kappa shape index (κ1) is 15.8. The molecule has 25 heavy (non-hydrogen) atoms. The monoisotopic (exact) mass is 344 g/mol. The van der Waals surface area contributed by atoms with E-state index >= 15 is 0 Å². The molecule has 0 unspecified atom stereocenters. The van der Waals surface area contributed by atoms with Gasteiger partial charge in [-0.15, -0.1) is 10.2 Å². The van der Waals surface area contributed by atoms with Crippen LogP contribution < -0.4 is 0 Å². The van der Waals surface area contributed by atoms with E-state index < -0.39 is 6.10 Å². The predicted molar refractivity (Wildman–Crippen MR) is 86.3 cm³/mol. The van der Waals surface area contributed by atoms with Crippen molar-refractivity contribution >= 4 is 16.8 Å². The first-order valence-electron chi connectivity index (χ1n) is 8.05. The number of H-pyrrole nitrogens is 1. The zero-order valence-electron chi connectivity index (χ0n) is 13.7. The number of aromatic amines is 1. The van der Waals surface area contributed by atoms with Crippen LogP contribution in [0.15, 0.2) is 28.8 Å². The summed E-state index contributed by atoms with van der Waals surface area (Å²) in [5.74, 6) is 0.473. The average Bonchev–Trinajstić information content (AvgIpc) is 3.21. The molecule has 1 N–H and O–H groups in total. The Morgan fingerprint density at radius 2 is 2.32 bits per heavy atom. The molecule has 1 aromatic carbocycles. The highest BCUT2D eigenvalue weighted by Gasteiger charge is 2.29. The van der Waals surface area contributed by atoms with E-state index in [1.165, 1.54) is 12.1 Å². The van der Waals surface area contributed by atoms with Crippen molar-refractivity contribution in [1.29, 1.82) is 0 Å². The van der Waals surface area contributed by atoms with E-state index in [1.807, 2.05) is 0 Å². The maximum Gasteiger partial charge on any atom is 0.246 e. The average molecular weight is 344 g/mol. The molecule has 3 heterocycles. The van der Waals surface area contributed by atoms with Crippen LogP contribution in [0.2, 0.25) is 0 Å². The van der Waals surface area contributed by atoms with Crippen molar-refractivity contribution in [1.82, 2.24) is 20.1 Å². The quantitative estimate of drug-likeness (QED) is 0.787. The van der Waals surface area contributed by atoms with E-state index in [-0.39, 0.29) is 18.1 Å². The number of morpholine rings is 1. The van der Waals surface area contributed by atoms with Crippen LogP contribution in [0.4, 0.5) is 4.39 Å². The minimum absolute atomic E-state index is 0.0466. The highest BCUT2D eigenvalue weighted by molar-refractivity contribution is 5.89. The van der Waals surface area contributed by atoms with Gasteiger partial charge in [0.05, 0.1) is 19.6 Å². The van der Waals surface area contributed by atoms with Crippen molar-refractivity contribution in [3.8, 4) is 0 Å². The summed E-state index contributed by atoms with van der Waals surface area (Å²) in [6.45, 7) is 2.97. The van der Waals surface area contributed by atoms with Gasteiger partial charge < -0.3 is 19.0 Å². The number of hydrogen-bond acceptors (Lipinski definition) is 5. The SMILES string of the molecule is Cc1nnc([C@@H]2CN(C(=O)Cc3c[nH]c4ccc(F)cc34)CCO2)o1. The van der Waals surface area contributed by atoms with Gasteiger partial charge in [-0.3, -0.25) is 4.79 Å². The third-order valence-corrected chi connectivity index (χ3v) is 4.31. The molecule has 8 heteroatoms. The van der Waals surface area contributed by atoms with Crippen molar-refractivity contribution in [2.45, 2.75) is 19.4 Å². The summed E-state index contributed by atoms with van der Waals surface area (Å²) < 4.78 is 24.5. The Hall–Kier alpha value is -2.74. The molecule has 0 aliphatic carbocycles. The van der Waals surface area contributed by atoms with Crippen molar-refractivity contribution < 1.29 is 18.3 Å². The zero-order chi connectivity index (χ0) is 17.4. The van der Waals surface area contributed by atoms with E-state index in [9.17, 15) is 9.18 Å². The van der Waals surface area contributed by atoms with Crippen molar-refractivity contribution in [3.63, 3.8) is 0 Å². The lowest BCUT2D eigenvalue weighted by molar-refractivity contribution is -0.139. The van der Waals surface area contributed by atoms with Gasteiger partial charge in [-0.05, 0) is 23.8 Å². The molecule has 4 rings (SSSR count). The number of aryl methyl sites for hydroxylation is 1. The van der Waals surface area contributed by atoms with Crippen LogP contribution in [0.5, 0.6) is 0 Å². The molecule has 3 aromatic rings. The third kappa shape index (κ3) is 3.12. The van der Waals surface area contributed by atoms with Gasteiger partial charge in [-0.1, -0.05) is 0 Å². The van der Waals surface area contributed by atoms with Gasteiger partial charge in [-0.25, -0.2) is 4.39 Å². The lowest BCUT2D eigenvalue weighted by Gasteiger charge is -2.31. The topological polar surface area (TPSA) is 84.2 Å². The van der Waals surface area contributed by atoms with Gasteiger partial charge in [0.25, 0.3) is 0 Å². The van der Waals surface area contributed by atoms with Gasteiger partial charge in [0, 0.05) is 30.6 Å². The lowest BCUT2D eigenvalue weighted by atomic mass is 10.1. The van der Waals surface area contributed by atoms with Crippen LogP contribution in [0.25, 0.3) is 10.9 Å². The number of carbonyl (C=O) groups is 1. The number of fused-ring (bicyclic) bond motifs is 1. The minimum Gasteiger partial charge on any atom is -0.423 e. The van der Waals surface area contributed by atoms with Crippen LogP contribution in [0.3, 0.4) is 0 Å². The molecular formula is C17H17FN4O3. The minimum atomic E-state index is -0.417. The van der Waals surface area contributed by atoms with E-state index in [0.717, 1.165) is 16.5 Å². The van der Waals surface area contributed by atoms with E-state index in [4.69, 9.17) is 9.15 Å². The number of nitrogens with zero attached hydrogens (tertiary/aromatic N) is 3. The molecule has 2 aromatic heterocycles. The maximum atomic E-state index is 13.5. The fourth-order valence-electron chi connectivity index (χ4n) is 3.04. The molecule has 0 saturated carbocycles. The van der Waals surface area contributed by atoms with Crippen LogP contribution in [0.1, 0.15) is 23.4 Å². The summed E-state index contributed by atoms with van der Waals surface area (Å²) in [4.78, 5) is 17.5. The second-order valence-electron chi connectivity index (χ2n) is 6.04. The van der Waals surface area contributed by atoms with Crippen LogP contribution in [-0.2, 0) is 16.0 Å². The molecule has 1 fully saturated rings. The van der Waals surface area contributed by atoms with Gasteiger partial charge >= 0.3 is 0 Å². The number of rotatable bonds is 3. The molecule has 1 aliphatic rings. The summed E-state index contributed by atoms with van der Waals surface area (Å²) in [5.41, 5.74) is 1.58. The molecule has 1 saturated heterocycles. The molecule has 1 aliphatic heterocycles. The Kier molecular flexibility index (Phi) is 3.96. The van der Waals surface area contributed by atoms with E-state index in [2.05, 4.69) is 15.2 Å². The standard InChI is InChI=1S/C17H17FN4O3/c1-10-20-21-17(25-10)15-9-22(4-5-24-15)16(23)6-11-8-19-14-3-2-12(18)7-13(11)14/h2-3,7-8,15,19H,4-6,9H2,1H3/t15-/m0/s1. The number of nitrogens with one attached hydrogen (secondary N) is 1. The van der Waals surface area contributed by atoms with Crippen molar-refractivity contribution in [3.05, 3.63) is 47.6 Å². The second-order valence-corrected chi connectivity index (χ2v) is 6.04. The maximum absolute atomic E-state index is 13.5. The summed E-state index contributed by atoms with van der Waals surface area (Å²) in [6, 6.07) is 4.50. The van der Waals surface area contributed by atoms with Crippen molar-refractivity contribution in [2.75, 3.05) is 19.7 Å². The first-order chi connectivity index (χ1) is 12.1. The second kappa shape index (κ2) is 6.29. The summed E-state index contributed by atoms with van der Waals surface area (Å²) in [5, 5.41) is 8.49. The fourth-order valence-corrected chi connectivity index (χ4v) is 3.04. The van der Waals surface area contributed by atoms with Crippen molar-refractivity contribution in [2.24, 2.45) is 0 Å². The highest BCUT2D eigenvalue weighted by Crippen LogP contribution is 2.24. The number of halogens is 1. The van der Waals surface area contributed by atoms with Gasteiger partial charge in [0.1, 0.15) is 5.82 Å². The van der Waals surface area contributed by atoms with Crippen LogP contribution >= 0.6 is 0 Å². The van der Waals surface area contributed by atoms with Crippen LogP contribution in [-0.4, -0.2) is 45.7 Å². The number of amides is 1. The number of ether oxygens (including phenoxy) is 1. The number of aromatic nitrogens is 3. The molecule has 0 spiro atoms. The molecule has 0 bridgehead atoms. The van der Waals surface area contributed by atoms with E-state index in [1.54, 1.807) is 24.1 Å². The predicted octanol–water partition coefficient (Wildman–Crippen LogP) is 2.14. The number of carbonyl (C=O) groups excluding carboxylic acids is 1. The first-order valence-corrected chi connectivity index (χ1v) is 8.05. The highest BCUT2D eigenvalue weighted by atomic mass is 19.1.